The van der Waals surface area contributed by atoms with Crippen LogP contribution in [0.2, 0.25) is 0 Å². The molecule has 3 N–H and O–H groups in total. The van der Waals surface area contributed by atoms with Gasteiger partial charge in [-0.05, 0) is 85.3 Å². The third-order valence-corrected chi connectivity index (χ3v) is 8.90. The number of hydrogen-bond acceptors (Lipinski definition) is 9. The largest absolute Gasteiger partial charge is 0.457 e. The summed E-state index contributed by atoms with van der Waals surface area (Å²) < 4.78 is 82.3. The summed E-state index contributed by atoms with van der Waals surface area (Å²) >= 11 is 0. The van der Waals surface area contributed by atoms with Crippen LogP contribution in [0.4, 0.5) is 14.9 Å². The lowest BCUT2D eigenvalue weighted by molar-refractivity contribution is 0.0640. The van der Waals surface area contributed by atoms with Crippen molar-refractivity contribution in [1.29, 1.82) is 0 Å². The molecule has 238 valence electrons. The van der Waals surface area contributed by atoms with Crippen molar-refractivity contribution >= 4 is 48.8 Å². The molecule has 3 aromatic carbocycles. The standard InChI is InChI=1S/C30H30FN3O9S2/c1-44(37,38)33-14-3-15-34(45(2,39)40)25-17-26-24(16-23(25)18-4-5-18)27(29(35)43-30(32)36)28(42-26)19-6-10-21(11-7-19)41-22-12-8-20(31)9-13-22/h6-13,16-18,33H,3-5,14-15H2,1-2H3,(H2,32,36). The maximum Gasteiger partial charge on any atom is 0.412 e. The van der Waals surface area contributed by atoms with E-state index in [4.69, 9.17) is 19.6 Å². The molecule has 0 aliphatic heterocycles. The Morgan fingerprint density at radius 3 is 2.18 bits per heavy atom. The molecule has 1 heterocycles. The summed E-state index contributed by atoms with van der Waals surface area (Å²) in [6.45, 7) is 0.00692. The first kappa shape index (κ1) is 31.9. The number of nitrogens with one attached hydrogen (secondary N) is 1. The number of ether oxygens (including phenoxy) is 2. The molecule has 5 rings (SSSR count). The summed E-state index contributed by atoms with van der Waals surface area (Å²) in [7, 11) is -7.28. The Morgan fingerprint density at radius 2 is 1.62 bits per heavy atom. The molecule has 4 aromatic rings. The van der Waals surface area contributed by atoms with Gasteiger partial charge >= 0.3 is 12.1 Å². The second-order valence-electron chi connectivity index (χ2n) is 10.6. The van der Waals surface area contributed by atoms with E-state index in [0.717, 1.165) is 25.4 Å². The monoisotopic (exact) mass is 659 g/mol. The van der Waals surface area contributed by atoms with E-state index in [1.54, 1.807) is 30.3 Å². The van der Waals surface area contributed by atoms with E-state index in [2.05, 4.69) is 4.72 Å². The second kappa shape index (κ2) is 12.5. The lowest BCUT2D eigenvalue weighted by Gasteiger charge is -2.25. The highest BCUT2D eigenvalue weighted by molar-refractivity contribution is 7.92. The van der Waals surface area contributed by atoms with Gasteiger partial charge in [-0.25, -0.2) is 35.5 Å². The Balaban J connectivity index is 1.57. The molecule has 0 unspecified atom stereocenters. The molecule has 1 aliphatic carbocycles. The van der Waals surface area contributed by atoms with E-state index in [1.165, 1.54) is 34.6 Å². The van der Waals surface area contributed by atoms with Crippen molar-refractivity contribution in [1.82, 2.24) is 4.72 Å². The normalized spacial score (nSPS) is 13.5. The summed E-state index contributed by atoms with van der Waals surface area (Å²) in [5, 5.41) is 0.292. The SMILES string of the molecule is CS(=O)(=O)NCCCN(c1cc2oc(-c3ccc(Oc4ccc(F)cc4)cc3)c(C(=O)OC(N)=O)c2cc1C1CC1)S(C)(=O)=O. The number of sulfonamides is 2. The fourth-order valence-electron chi connectivity index (χ4n) is 4.89. The van der Waals surface area contributed by atoms with Crippen LogP contribution in [0.1, 0.15) is 41.1 Å². The van der Waals surface area contributed by atoms with E-state index >= 15 is 0 Å². The molecular weight excluding hydrogens is 629 g/mol. The minimum absolute atomic E-state index is 0.00375. The first-order valence-electron chi connectivity index (χ1n) is 13.8. The van der Waals surface area contributed by atoms with Crippen LogP contribution in [-0.4, -0.2) is 54.5 Å². The molecule has 1 aliphatic rings. The maximum atomic E-state index is 13.3. The number of esters is 1. The third kappa shape index (κ3) is 7.79. The summed E-state index contributed by atoms with van der Waals surface area (Å²) in [6.07, 6.45) is 2.51. The average Bonchev–Trinajstić information content (AvgIpc) is 3.72. The van der Waals surface area contributed by atoms with Gasteiger partial charge in [0.2, 0.25) is 20.0 Å². The average molecular weight is 660 g/mol. The van der Waals surface area contributed by atoms with Gasteiger partial charge in [0.05, 0.1) is 18.2 Å². The Kier molecular flexibility index (Phi) is 8.87. The number of halogens is 1. The lowest BCUT2D eigenvalue weighted by Crippen LogP contribution is -2.34. The number of rotatable bonds is 12. The zero-order valence-corrected chi connectivity index (χ0v) is 25.9. The number of fused-ring (bicyclic) bond motifs is 1. The van der Waals surface area contributed by atoms with Crippen LogP contribution in [0.3, 0.4) is 0 Å². The summed E-state index contributed by atoms with van der Waals surface area (Å²) in [6, 6.07) is 15.1. The van der Waals surface area contributed by atoms with Crippen LogP contribution in [-0.2, 0) is 24.8 Å². The van der Waals surface area contributed by atoms with Gasteiger partial charge in [-0.1, -0.05) is 0 Å². The molecule has 1 amide bonds. The highest BCUT2D eigenvalue weighted by Crippen LogP contribution is 2.48. The van der Waals surface area contributed by atoms with Crippen LogP contribution >= 0.6 is 0 Å². The van der Waals surface area contributed by atoms with Gasteiger partial charge in [0, 0.05) is 30.1 Å². The number of primary amides is 1. The molecule has 12 nitrogen and oxygen atoms in total. The lowest BCUT2D eigenvalue weighted by atomic mass is 10.0. The van der Waals surface area contributed by atoms with E-state index in [-0.39, 0.29) is 42.3 Å². The van der Waals surface area contributed by atoms with Crippen LogP contribution in [0, 0.1) is 5.82 Å². The van der Waals surface area contributed by atoms with Crippen molar-refractivity contribution in [3.63, 3.8) is 0 Å². The molecule has 15 heteroatoms. The van der Waals surface area contributed by atoms with E-state index < -0.39 is 37.9 Å². The van der Waals surface area contributed by atoms with Gasteiger partial charge in [0.1, 0.15) is 34.2 Å². The molecule has 45 heavy (non-hydrogen) atoms. The molecule has 1 aromatic heterocycles. The van der Waals surface area contributed by atoms with Gasteiger partial charge in [-0.15, -0.1) is 0 Å². The Morgan fingerprint density at radius 1 is 1.00 bits per heavy atom. The first-order chi connectivity index (χ1) is 21.2. The van der Waals surface area contributed by atoms with Gasteiger partial charge in [0.25, 0.3) is 0 Å². The van der Waals surface area contributed by atoms with E-state index in [0.29, 0.717) is 33.7 Å². The van der Waals surface area contributed by atoms with Crippen molar-refractivity contribution in [3.05, 3.63) is 77.6 Å². The van der Waals surface area contributed by atoms with Crippen LogP contribution in [0.25, 0.3) is 22.3 Å². The molecule has 0 atom stereocenters. The van der Waals surface area contributed by atoms with Gasteiger partial charge in [-0.3, -0.25) is 4.31 Å². The van der Waals surface area contributed by atoms with Crippen molar-refractivity contribution in [2.45, 2.75) is 25.2 Å². The van der Waals surface area contributed by atoms with Crippen molar-refractivity contribution in [2.75, 3.05) is 29.9 Å². The van der Waals surface area contributed by atoms with Gasteiger partial charge in [0.15, 0.2) is 0 Å². The van der Waals surface area contributed by atoms with Crippen LogP contribution in [0.15, 0.2) is 65.1 Å². The highest BCUT2D eigenvalue weighted by Gasteiger charge is 2.33. The topological polar surface area (TPSA) is 175 Å². The van der Waals surface area contributed by atoms with Crippen LogP contribution < -0.4 is 19.5 Å². The number of nitrogens with two attached hydrogens (primary N) is 1. The van der Waals surface area contributed by atoms with Crippen molar-refractivity contribution in [2.24, 2.45) is 5.73 Å². The molecule has 0 spiro atoms. The summed E-state index contributed by atoms with van der Waals surface area (Å²) in [5.41, 5.74) is 6.62. The molecule has 1 fully saturated rings. The molecule has 0 bridgehead atoms. The number of anilines is 1. The number of hydrogen-bond donors (Lipinski definition) is 2. The fraction of sp³-hybridized carbons (Fsp3) is 0.267. The number of furan rings is 1. The predicted octanol–water partition coefficient (Wildman–Crippen LogP) is 4.85. The van der Waals surface area contributed by atoms with Crippen molar-refractivity contribution < 1.29 is 44.7 Å². The van der Waals surface area contributed by atoms with E-state index in [1.807, 2.05) is 0 Å². The number of carbonyl (C=O) groups is 2. The Labute approximate surface area is 259 Å². The highest BCUT2D eigenvalue weighted by atomic mass is 32.2. The zero-order valence-electron chi connectivity index (χ0n) is 24.3. The maximum absolute atomic E-state index is 13.3. The number of amides is 1. The van der Waals surface area contributed by atoms with Gasteiger partial charge < -0.3 is 19.6 Å². The Bertz CT molecular complexity index is 1970. The Hall–Kier alpha value is -4.47. The number of benzene rings is 3. The molecular formula is C30H30FN3O9S2. The number of carbonyl (C=O) groups excluding carboxylic acids is 2. The quantitative estimate of drug-likeness (QED) is 0.122. The minimum Gasteiger partial charge on any atom is -0.457 e. The number of nitrogens with zero attached hydrogens (tertiary/aromatic N) is 1. The van der Waals surface area contributed by atoms with Crippen LogP contribution in [0.5, 0.6) is 11.5 Å². The van der Waals surface area contributed by atoms with Crippen molar-refractivity contribution in [3.8, 4) is 22.8 Å². The third-order valence-electron chi connectivity index (χ3n) is 6.99. The second-order valence-corrected chi connectivity index (χ2v) is 14.4. The fourth-order valence-corrected chi connectivity index (χ4v) is 6.38. The molecule has 0 radical (unpaired) electrons. The first-order valence-corrected chi connectivity index (χ1v) is 17.5. The van der Waals surface area contributed by atoms with E-state index in [9.17, 15) is 30.8 Å². The minimum atomic E-state index is -3.82. The zero-order chi connectivity index (χ0) is 32.5. The summed E-state index contributed by atoms with van der Waals surface area (Å²) in [5.74, 6) is -0.592. The predicted molar refractivity (Wildman–Crippen MR) is 165 cm³/mol. The molecule has 1 saturated carbocycles. The smallest absolute Gasteiger partial charge is 0.412 e. The molecule has 0 saturated heterocycles. The summed E-state index contributed by atoms with van der Waals surface area (Å²) in [4.78, 5) is 24.7. The van der Waals surface area contributed by atoms with Gasteiger partial charge in [-0.2, -0.15) is 0 Å².